The lowest BCUT2D eigenvalue weighted by Crippen LogP contribution is -2.04. The SMILES string of the molecule is CC/C(C)=C/C=C\C=NCCCS(=O)(=O)O. The minimum Gasteiger partial charge on any atom is -0.293 e. The van der Waals surface area contributed by atoms with Gasteiger partial charge in [-0.25, -0.2) is 0 Å². The van der Waals surface area contributed by atoms with Gasteiger partial charge in [-0.05, 0) is 25.8 Å². The van der Waals surface area contributed by atoms with Crippen LogP contribution in [-0.4, -0.2) is 31.5 Å². The first kappa shape index (κ1) is 15.1. The molecule has 0 saturated carbocycles. The molecule has 0 aliphatic carbocycles. The number of nitrogens with zero attached hydrogens (tertiary/aromatic N) is 1. The van der Waals surface area contributed by atoms with E-state index in [4.69, 9.17) is 4.55 Å². The smallest absolute Gasteiger partial charge is 0.264 e. The van der Waals surface area contributed by atoms with Crippen LogP contribution in [0, 0.1) is 0 Å². The summed E-state index contributed by atoms with van der Waals surface area (Å²) in [6.07, 6.45) is 8.69. The van der Waals surface area contributed by atoms with Gasteiger partial charge in [0.05, 0.1) is 5.75 Å². The molecule has 0 heterocycles. The van der Waals surface area contributed by atoms with Crippen molar-refractivity contribution in [1.82, 2.24) is 0 Å². The largest absolute Gasteiger partial charge is 0.293 e. The lowest BCUT2D eigenvalue weighted by Gasteiger charge is -1.92. The Morgan fingerprint density at radius 1 is 1.38 bits per heavy atom. The molecule has 0 spiro atoms. The number of allylic oxidation sites excluding steroid dienone is 4. The normalized spacial score (nSPS) is 14.1. The van der Waals surface area contributed by atoms with Crippen molar-refractivity contribution < 1.29 is 13.0 Å². The third kappa shape index (κ3) is 11.1. The zero-order valence-corrected chi connectivity index (χ0v) is 10.6. The molecule has 0 rings (SSSR count). The van der Waals surface area contributed by atoms with Gasteiger partial charge < -0.3 is 0 Å². The lowest BCUT2D eigenvalue weighted by atomic mass is 10.2. The van der Waals surface area contributed by atoms with Crippen LogP contribution in [0.5, 0.6) is 0 Å². The molecule has 0 bridgehead atoms. The summed E-state index contributed by atoms with van der Waals surface area (Å²) in [5.74, 6) is -0.233. The van der Waals surface area contributed by atoms with Crippen LogP contribution in [0.25, 0.3) is 0 Å². The predicted octanol–water partition coefficient (Wildman–Crippen LogP) is 2.25. The number of rotatable bonds is 7. The molecule has 16 heavy (non-hydrogen) atoms. The molecule has 0 amide bonds. The standard InChI is InChI=1S/C11H19NO3S/c1-3-11(2)7-4-5-8-12-9-6-10-16(13,14)15/h4-5,7-8H,3,6,9-10H2,1-2H3,(H,13,14,15)/b5-4-,11-7+,12-8?. The molecule has 0 unspecified atom stereocenters. The molecule has 0 radical (unpaired) electrons. The van der Waals surface area contributed by atoms with E-state index in [1.807, 2.05) is 19.1 Å². The van der Waals surface area contributed by atoms with Gasteiger partial charge in [0.25, 0.3) is 10.1 Å². The fourth-order valence-corrected chi connectivity index (χ4v) is 1.35. The second-order valence-corrected chi connectivity index (χ2v) is 5.02. The monoisotopic (exact) mass is 245 g/mol. The Morgan fingerprint density at radius 2 is 2.06 bits per heavy atom. The van der Waals surface area contributed by atoms with E-state index in [0.29, 0.717) is 13.0 Å². The molecule has 0 aliphatic heterocycles. The third-order valence-corrected chi connectivity index (χ3v) is 2.74. The Balaban J connectivity index is 3.71. The summed E-state index contributed by atoms with van der Waals surface area (Å²) in [6.45, 7) is 4.54. The molecule has 1 N–H and O–H groups in total. The fourth-order valence-electron chi connectivity index (χ4n) is 0.861. The van der Waals surface area contributed by atoms with E-state index < -0.39 is 10.1 Å². The summed E-state index contributed by atoms with van der Waals surface area (Å²) in [5, 5.41) is 0. The van der Waals surface area contributed by atoms with Crippen molar-refractivity contribution in [3.8, 4) is 0 Å². The third-order valence-electron chi connectivity index (χ3n) is 1.93. The van der Waals surface area contributed by atoms with E-state index in [1.165, 1.54) is 5.57 Å². The first-order valence-corrected chi connectivity index (χ1v) is 6.84. The molecule has 5 heteroatoms. The molecule has 0 aliphatic rings. The van der Waals surface area contributed by atoms with Crippen molar-refractivity contribution in [1.29, 1.82) is 0 Å². The molecule has 92 valence electrons. The molecule has 0 fully saturated rings. The van der Waals surface area contributed by atoms with Gasteiger partial charge in [-0.15, -0.1) is 0 Å². The second kappa shape index (κ2) is 8.24. The van der Waals surface area contributed by atoms with Crippen LogP contribution in [0.1, 0.15) is 26.7 Å². The summed E-state index contributed by atoms with van der Waals surface area (Å²) < 4.78 is 29.2. The Labute approximate surface area is 97.5 Å². The van der Waals surface area contributed by atoms with Gasteiger partial charge in [-0.2, -0.15) is 8.42 Å². The van der Waals surface area contributed by atoms with Gasteiger partial charge in [0.1, 0.15) is 0 Å². The maximum atomic E-state index is 10.4. The Hall–Kier alpha value is -0.940. The van der Waals surface area contributed by atoms with Crippen molar-refractivity contribution in [2.24, 2.45) is 4.99 Å². The van der Waals surface area contributed by atoms with Gasteiger partial charge in [0.15, 0.2) is 0 Å². The van der Waals surface area contributed by atoms with Gasteiger partial charge in [0, 0.05) is 12.8 Å². The Kier molecular flexibility index (Phi) is 7.76. The van der Waals surface area contributed by atoms with E-state index in [2.05, 4.69) is 11.9 Å². The van der Waals surface area contributed by atoms with Crippen LogP contribution >= 0.6 is 0 Å². The van der Waals surface area contributed by atoms with Crippen molar-refractivity contribution in [2.45, 2.75) is 26.7 Å². The minimum atomic E-state index is -3.84. The number of aliphatic imine (C=N–C) groups is 1. The zero-order chi connectivity index (χ0) is 12.4. The van der Waals surface area contributed by atoms with Crippen LogP contribution in [0.15, 0.2) is 28.8 Å². The molecular weight excluding hydrogens is 226 g/mol. The average molecular weight is 245 g/mol. The lowest BCUT2D eigenvalue weighted by molar-refractivity contribution is 0.481. The zero-order valence-electron chi connectivity index (χ0n) is 9.76. The van der Waals surface area contributed by atoms with Crippen LogP contribution in [0.2, 0.25) is 0 Å². The first-order valence-electron chi connectivity index (χ1n) is 5.23. The van der Waals surface area contributed by atoms with Gasteiger partial charge >= 0.3 is 0 Å². The first-order chi connectivity index (χ1) is 7.45. The van der Waals surface area contributed by atoms with E-state index in [0.717, 1.165) is 6.42 Å². The summed E-state index contributed by atoms with van der Waals surface area (Å²) in [6, 6.07) is 0. The quantitative estimate of drug-likeness (QED) is 0.324. The Bertz CT molecular complexity index is 367. The van der Waals surface area contributed by atoms with Crippen molar-refractivity contribution in [2.75, 3.05) is 12.3 Å². The Morgan fingerprint density at radius 3 is 2.62 bits per heavy atom. The molecule has 0 aromatic heterocycles. The topological polar surface area (TPSA) is 66.7 Å². The second-order valence-electron chi connectivity index (χ2n) is 3.45. The van der Waals surface area contributed by atoms with Gasteiger partial charge in [-0.1, -0.05) is 24.6 Å². The van der Waals surface area contributed by atoms with Gasteiger partial charge in [-0.3, -0.25) is 9.55 Å². The van der Waals surface area contributed by atoms with Crippen molar-refractivity contribution >= 4 is 16.3 Å². The molecule has 0 atom stereocenters. The van der Waals surface area contributed by atoms with Crippen LogP contribution in [0.4, 0.5) is 0 Å². The number of hydrogen-bond acceptors (Lipinski definition) is 3. The molecule has 0 saturated heterocycles. The molecule has 0 aromatic rings. The average Bonchev–Trinajstić information content (AvgIpc) is 2.20. The van der Waals surface area contributed by atoms with Gasteiger partial charge in [0.2, 0.25) is 0 Å². The van der Waals surface area contributed by atoms with Crippen LogP contribution < -0.4 is 0 Å². The molecule has 4 nitrogen and oxygen atoms in total. The minimum absolute atomic E-state index is 0.233. The fraction of sp³-hybridized carbons (Fsp3) is 0.545. The summed E-state index contributed by atoms with van der Waals surface area (Å²) in [5.41, 5.74) is 1.29. The van der Waals surface area contributed by atoms with Crippen molar-refractivity contribution in [3.63, 3.8) is 0 Å². The highest BCUT2D eigenvalue weighted by molar-refractivity contribution is 7.85. The summed E-state index contributed by atoms with van der Waals surface area (Å²) in [4.78, 5) is 3.98. The number of hydrogen-bond donors (Lipinski definition) is 1. The van der Waals surface area contributed by atoms with E-state index in [-0.39, 0.29) is 5.75 Å². The highest BCUT2D eigenvalue weighted by Crippen LogP contribution is 1.96. The maximum absolute atomic E-state index is 10.4. The summed E-state index contributed by atoms with van der Waals surface area (Å²) in [7, 11) is -3.84. The highest BCUT2D eigenvalue weighted by atomic mass is 32.2. The summed E-state index contributed by atoms with van der Waals surface area (Å²) >= 11 is 0. The van der Waals surface area contributed by atoms with E-state index in [1.54, 1.807) is 12.3 Å². The molecule has 0 aromatic carbocycles. The van der Waals surface area contributed by atoms with E-state index in [9.17, 15) is 8.42 Å². The van der Waals surface area contributed by atoms with E-state index >= 15 is 0 Å². The maximum Gasteiger partial charge on any atom is 0.264 e. The van der Waals surface area contributed by atoms with Crippen LogP contribution in [-0.2, 0) is 10.1 Å². The van der Waals surface area contributed by atoms with Crippen LogP contribution in [0.3, 0.4) is 0 Å². The van der Waals surface area contributed by atoms with Crippen molar-refractivity contribution in [3.05, 3.63) is 23.8 Å². The molecular formula is C11H19NO3S. The highest BCUT2D eigenvalue weighted by Gasteiger charge is 2.01. The predicted molar refractivity (Wildman–Crippen MR) is 67.6 cm³/mol.